The molecule has 1 aromatic rings. The van der Waals surface area contributed by atoms with Gasteiger partial charge in [-0.2, -0.15) is 0 Å². The third kappa shape index (κ3) is 2.27. The molecule has 16 heavy (non-hydrogen) atoms. The number of benzene rings is 1. The molecule has 0 aromatic heterocycles. The molecular weight excluding hydrogens is 220 g/mol. The number of anilines is 2. The summed E-state index contributed by atoms with van der Waals surface area (Å²) in [6.07, 6.45) is 2.38. The van der Waals surface area contributed by atoms with Gasteiger partial charge in [0.05, 0.1) is 16.4 Å². The molecule has 88 valence electrons. The van der Waals surface area contributed by atoms with Gasteiger partial charge in [0, 0.05) is 13.1 Å². The Kier molecular flexibility index (Phi) is 3.02. The molecule has 0 amide bonds. The van der Waals surface area contributed by atoms with Crippen molar-refractivity contribution in [2.45, 2.75) is 26.7 Å². The number of hydrogen-bond acceptors (Lipinski definition) is 2. The number of piperidine rings is 1. The minimum Gasteiger partial charge on any atom is -0.397 e. The van der Waals surface area contributed by atoms with Crippen molar-refractivity contribution in [3.8, 4) is 0 Å². The van der Waals surface area contributed by atoms with Crippen LogP contribution in [0.3, 0.4) is 0 Å². The molecule has 1 aliphatic heterocycles. The Labute approximate surface area is 102 Å². The van der Waals surface area contributed by atoms with Crippen LogP contribution in [-0.4, -0.2) is 13.1 Å². The van der Waals surface area contributed by atoms with Crippen molar-refractivity contribution in [1.29, 1.82) is 0 Å². The average Bonchev–Trinajstić information content (AvgIpc) is 2.20. The molecule has 1 fully saturated rings. The minimum atomic E-state index is 0.451. The van der Waals surface area contributed by atoms with Gasteiger partial charge in [0.2, 0.25) is 0 Å². The maximum atomic E-state index is 6.21. The second-order valence-corrected chi connectivity index (χ2v) is 5.74. The van der Waals surface area contributed by atoms with Crippen LogP contribution in [0.5, 0.6) is 0 Å². The summed E-state index contributed by atoms with van der Waals surface area (Å²) in [5.41, 5.74) is 8.24. The molecule has 1 heterocycles. The van der Waals surface area contributed by atoms with Crippen LogP contribution in [0.1, 0.15) is 26.7 Å². The monoisotopic (exact) mass is 238 g/mol. The van der Waals surface area contributed by atoms with Crippen molar-refractivity contribution in [3.63, 3.8) is 0 Å². The summed E-state index contributed by atoms with van der Waals surface area (Å²) in [6.45, 7) is 6.72. The standard InChI is InChI=1S/C13H19ClN2/c1-13(2)6-8-16(9-7-13)12-10(14)4-3-5-11(12)15/h3-5H,6-9,15H2,1-2H3. The average molecular weight is 239 g/mol. The Morgan fingerprint density at radius 3 is 2.44 bits per heavy atom. The predicted molar refractivity (Wildman–Crippen MR) is 71.1 cm³/mol. The third-order valence-corrected chi connectivity index (χ3v) is 3.76. The Morgan fingerprint density at radius 2 is 1.88 bits per heavy atom. The summed E-state index contributed by atoms with van der Waals surface area (Å²) >= 11 is 6.21. The topological polar surface area (TPSA) is 29.3 Å². The first-order valence-electron chi connectivity index (χ1n) is 5.78. The van der Waals surface area contributed by atoms with Crippen molar-refractivity contribution in [1.82, 2.24) is 0 Å². The Morgan fingerprint density at radius 1 is 1.25 bits per heavy atom. The van der Waals surface area contributed by atoms with Gasteiger partial charge in [-0.25, -0.2) is 0 Å². The molecule has 1 aliphatic rings. The van der Waals surface area contributed by atoms with Crippen LogP contribution in [0.25, 0.3) is 0 Å². The smallest absolute Gasteiger partial charge is 0.0789 e. The maximum absolute atomic E-state index is 6.21. The van der Waals surface area contributed by atoms with Crippen LogP contribution in [0.4, 0.5) is 11.4 Å². The second kappa shape index (κ2) is 4.17. The third-order valence-electron chi connectivity index (χ3n) is 3.45. The van der Waals surface area contributed by atoms with Gasteiger partial charge in [0.15, 0.2) is 0 Å². The number of halogens is 1. The van der Waals surface area contributed by atoms with Gasteiger partial charge in [-0.15, -0.1) is 0 Å². The lowest BCUT2D eigenvalue weighted by atomic mass is 9.82. The van der Waals surface area contributed by atoms with E-state index in [1.165, 1.54) is 12.8 Å². The maximum Gasteiger partial charge on any atom is 0.0789 e. The Hall–Kier alpha value is -0.890. The van der Waals surface area contributed by atoms with Crippen LogP contribution >= 0.6 is 11.6 Å². The molecule has 2 nitrogen and oxygen atoms in total. The number of hydrogen-bond donors (Lipinski definition) is 1. The molecule has 2 N–H and O–H groups in total. The fourth-order valence-corrected chi connectivity index (χ4v) is 2.50. The minimum absolute atomic E-state index is 0.451. The van der Waals surface area contributed by atoms with Crippen molar-refractivity contribution in [2.24, 2.45) is 5.41 Å². The summed E-state index contributed by atoms with van der Waals surface area (Å²) in [7, 11) is 0. The van der Waals surface area contributed by atoms with Crippen LogP contribution in [-0.2, 0) is 0 Å². The number of rotatable bonds is 1. The highest BCUT2D eigenvalue weighted by Crippen LogP contribution is 2.37. The Balaban J connectivity index is 2.20. The zero-order valence-corrected chi connectivity index (χ0v) is 10.7. The Bertz CT molecular complexity index is 357. The first-order valence-corrected chi connectivity index (χ1v) is 6.16. The zero-order valence-electron chi connectivity index (χ0n) is 9.96. The van der Waals surface area contributed by atoms with E-state index in [1.807, 2.05) is 18.2 Å². The van der Waals surface area contributed by atoms with Gasteiger partial charge in [0.1, 0.15) is 0 Å². The van der Waals surface area contributed by atoms with E-state index in [9.17, 15) is 0 Å². The van der Waals surface area contributed by atoms with E-state index in [0.29, 0.717) is 5.41 Å². The lowest BCUT2D eigenvalue weighted by Gasteiger charge is -2.39. The summed E-state index contributed by atoms with van der Waals surface area (Å²) < 4.78 is 0. The summed E-state index contributed by atoms with van der Waals surface area (Å²) in [6, 6.07) is 5.73. The van der Waals surface area contributed by atoms with E-state index in [0.717, 1.165) is 29.5 Å². The van der Waals surface area contributed by atoms with E-state index in [2.05, 4.69) is 18.7 Å². The lowest BCUT2D eigenvalue weighted by molar-refractivity contribution is 0.280. The van der Waals surface area contributed by atoms with E-state index >= 15 is 0 Å². The first kappa shape index (κ1) is 11.6. The molecular formula is C13H19ClN2. The predicted octanol–water partition coefficient (Wildman–Crippen LogP) is 3.55. The number of nitrogens with two attached hydrogens (primary N) is 1. The molecule has 0 unspecified atom stereocenters. The van der Waals surface area contributed by atoms with Crippen LogP contribution in [0.2, 0.25) is 5.02 Å². The molecule has 0 atom stereocenters. The summed E-state index contributed by atoms with van der Waals surface area (Å²) in [4.78, 5) is 2.31. The van der Waals surface area contributed by atoms with Crippen LogP contribution < -0.4 is 10.6 Å². The molecule has 1 aromatic carbocycles. The van der Waals surface area contributed by atoms with Crippen molar-refractivity contribution < 1.29 is 0 Å². The van der Waals surface area contributed by atoms with Gasteiger partial charge in [-0.05, 0) is 30.4 Å². The highest BCUT2D eigenvalue weighted by Gasteiger charge is 2.26. The molecule has 0 aliphatic carbocycles. The quantitative estimate of drug-likeness (QED) is 0.759. The van der Waals surface area contributed by atoms with Gasteiger partial charge >= 0.3 is 0 Å². The van der Waals surface area contributed by atoms with Crippen molar-refractivity contribution in [3.05, 3.63) is 23.2 Å². The van der Waals surface area contributed by atoms with Crippen LogP contribution in [0, 0.1) is 5.41 Å². The van der Waals surface area contributed by atoms with E-state index in [4.69, 9.17) is 17.3 Å². The normalized spacial score (nSPS) is 19.8. The van der Waals surface area contributed by atoms with Gasteiger partial charge in [-0.1, -0.05) is 31.5 Å². The van der Waals surface area contributed by atoms with Crippen molar-refractivity contribution in [2.75, 3.05) is 23.7 Å². The zero-order chi connectivity index (χ0) is 11.8. The molecule has 3 heteroatoms. The van der Waals surface area contributed by atoms with Gasteiger partial charge in [-0.3, -0.25) is 0 Å². The number of nitrogens with zero attached hydrogens (tertiary/aromatic N) is 1. The molecule has 0 bridgehead atoms. The molecule has 0 spiro atoms. The second-order valence-electron chi connectivity index (χ2n) is 5.33. The van der Waals surface area contributed by atoms with E-state index in [1.54, 1.807) is 0 Å². The lowest BCUT2D eigenvalue weighted by Crippen LogP contribution is -2.37. The molecule has 0 radical (unpaired) electrons. The molecule has 0 saturated carbocycles. The summed E-state index contributed by atoms with van der Waals surface area (Å²) in [5.74, 6) is 0. The van der Waals surface area contributed by atoms with Gasteiger partial charge in [0.25, 0.3) is 0 Å². The SMILES string of the molecule is CC1(C)CCN(c2c(N)cccc2Cl)CC1. The van der Waals surface area contributed by atoms with Gasteiger partial charge < -0.3 is 10.6 Å². The van der Waals surface area contributed by atoms with E-state index in [-0.39, 0.29) is 0 Å². The largest absolute Gasteiger partial charge is 0.397 e. The number of nitrogen functional groups attached to an aromatic ring is 1. The molecule has 1 saturated heterocycles. The number of para-hydroxylation sites is 1. The summed E-state index contributed by atoms with van der Waals surface area (Å²) in [5, 5.41) is 0.764. The molecule has 2 rings (SSSR count). The van der Waals surface area contributed by atoms with Crippen LogP contribution in [0.15, 0.2) is 18.2 Å². The highest BCUT2D eigenvalue weighted by molar-refractivity contribution is 6.34. The highest BCUT2D eigenvalue weighted by atomic mass is 35.5. The van der Waals surface area contributed by atoms with E-state index < -0.39 is 0 Å². The fourth-order valence-electron chi connectivity index (χ4n) is 2.20. The first-order chi connectivity index (χ1) is 7.49. The van der Waals surface area contributed by atoms with Crippen molar-refractivity contribution >= 4 is 23.0 Å². The fraction of sp³-hybridized carbons (Fsp3) is 0.538.